The summed E-state index contributed by atoms with van der Waals surface area (Å²) in [5, 5.41) is 9.30. The van der Waals surface area contributed by atoms with E-state index in [-0.39, 0.29) is 17.9 Å². The molecule has 0 aromatic heterocycles. The van der Waals surface area contributed by atoms with Crippen molar-refractivity contribution in [1.29, 1.82) is 0 Å². The van der Waals surface area contributed by atoms with Gasteiger partial charge in [0.15, 0.2) is 0 Å². The molecule has 1 fully saturated rings. The molecule has 7 heteroatoms. The van der Waals surface area contributed by atoms with Crippen LogP contribution in [0.25, 0.3) is 0 Å². The van der Waals surface area contributed by atoms with Crippen molar-refractivity contribution in [1.82, 2.24) is 4.31 Å². The van der Waals surface area contributed by atoms with E-state index in [1.165, 1.54) is 19.1 Å². The van der Waals surface area contributed by atoms with Gasteiger partial charge in [0.1, 0.15) is 11.4 Å². The number of hydrogen-bond acceptors (Lipinski definition) is 3. The van der Waals surface area contributed by atoms with Gasteiger partial charge in [-0.1, -0.05) is 6.07 Å². The number of sulfonamides is 1. The summed E-state index contributed by atoms with van der Waals surface area (Å²) < 4.78 is 39.5. The van der Waals surface area contributed by atoms with Gasteiger partial charge in [0.05, 0.1) is 4.90 Å². The smallest absolute Gasteiger partial charge is 0.324 e. The highest BCUT2D eigenvalue weighted by Crippen LogP contribution is 2.35. The summed E-state index contributed by atoms with van der Waals surface area (Å²) in [4.78, 5) is 11.2. The molecule has 1 aliphatic heterocycles. The quantitative estimate of drug-likeness (QED) is 0.923. The molecule has 0 bridgehead atoms. The maximum atomic E-state index is 13.3. The largest absolute Gasteiger partial charge is 0.480 e. The zero-order chi connectivity index (χ0) is 15.1. The van der Waals surface area contributed by atoms with Crippen LogP contribution >= 0.6 is 0 Å². The van der Waals surface area contributed by atoms with Crippen molar-refractivity contribution >= 4 is 16.0 Å². The molecule has 0 amide bonds. The molecule has 5 nitrogen and oxygen atoms in total. The van der Waals surface area contributed by atoms with E-state index in [1.807, 2.05) is 0 Å². The van der Waals surface area contributed by atoms with Gasteiger partial charge < -0.3 is 5.11 Å². The zero-order valence-corrected chi connectivity index (χ0v) is 12.1. The summed E-state index contributed by atoms with van der Waals surface area (Å²) >= 11 is 0. The number of rotatable bonds is 3. The maximum Gasteiger partial charge on any atom is 0.324 e. The molecule has 0 saturated carbocycles. The molecule has 1 saturated heterocycles. The van der Waals surface area contributed by atoms with Crippen LogP contribution in [0.1, 0.15) is 25.3 Å². The fourth-order valence-electron chi connectivity index (χ4n) is 2.51. The number of aliphatic carboxylic acids is 1. The normalized spacial score (nSPS) is 23.9. The molecule has 1 N–H and O–H groups in total. The number of aryl methyl sites for hydroxylation is 1. The first-order valence-corrected chi connectivity index (χ1v) is 7.66. The SMILES string of the molecule is Cc1ccc(F)cc1S(=O)(=O)N1CCCC1(C)C(=O)O. The first-order chi connectivity index (χ1) is 9.19. The Morgan fingerprint density at radius 3 is 2.70 bits per heavy atom. The fraction of sp³-hybridized carbons (Fsp3) is 0.462. The van der Waals surface area contributed by atoms with Gasteiger partial charge in [-0.3, -0.25) is 4.79 Å². The molecule has 1 heterocycles. The third-order valence-corrected chi connectivity index (χ3v) is 5.92. The summed E-state index contributed by atoms with van der Waals surface area (Å²) in [6.45, 7) is 3.07. The highest BCUT2D eigenvalue weighted by molar-refractivity contribution is 7.89. The van der Waals surface area contributed by atoms with Crippen LogP contribution in [-0.2, 0) is 14.8 Å². The van der Waals surface area contributed by atoms with Gasteiger partial charge in [0, 0.05) is 6.54 Å². The zero-order valence-electron chi connectivity index (χ0n) is 11.3. The second-order valence-corrected chi connectivity index (χ2v) is 7.00. The van der Waals surface area contributed by atoms with E-state index >= 15 is 0 Å². The van der Waals surface area contributed by atoms with E-state index in [1.54, 1.807) is 6.92 Å². The number of nitrogens with zero attached hydrogens (tertiary/aromatic N) is 1. The van der Waals surface area contributed by atoms with Crippen molar-refractivity contribution in [2.24, 2.45) is 0 Å². The van der Waals surface area contributed by atoms with Gasteiger partial charge in [-0.05, 0) is 44.4 Å². The van der Waals surface area contributed by atoms with E-state index in [4.69, 9.17) is 0 Å². The van der Waals surface area contributed by atoms with Crippen molar-refractivity contribution in [2.45, 2.75) is 37.1 Å². The van der Waals surface area contributed by atoms with Crippen LogP contribution in [0.5, 0.6) is 0 Å². The van der Waals surface area contributed by atoms with Crippen LogP contribution in [0, 0.1) is 12.7 Å². The van der Waals surface area contributed by atoms with Crippen molar-refractivity contribution in [3.05, 3.63) is 29.6 Å². The summed E-state index contributed by atoms with van der Waals surface area (Å²) in [7, 11) is -4.03. The van der Waals surface area contributed by atoms with E-state index in [0.29, 0.717) is 12.0 Å². The Bertz CT molecular complexity index is 658. The van der Waals surface area contributed by atoms with Gasteiger partial charge in [-0.25, -0.2) is 12.8 Å². The number of carboxylic acids is 1. The average molecular weight is 301 g/mol. The molecule has 1 unspecified atom stereocenters. The van der Waals surface area contributed by atoms with Crippen molar-refractivity contribution in [3.8, 4) is 0 Å². The molecule has 0 spiro atoms. The van der Waals surface area contributed by atoms with Gasteiger partial charge in [0.2, 0.25) is 10.0 Å². The molecule has 2 rings (SSSR count). The average Bonchev–Trinajstić information content (AvgIpc) is 2.76. The molecule has 1 atom stereocenters. The lowest BCUT2D eigenvalue weighted by molar-refractivity contribution is -0.146. The highest BCUT2D eigenvalue weighted by atomic mass is 32.2. The third-order valence-electron chi connectivity index (χ3n) is 3.75. The Labute approximate surface area is 117 Å². The Kier molecular flexibility index (Phi) is 3.60. The Balaban J connectivity index is 2.55. The molecule has 110 valence electrons. The molecule has 1 aromatic rings. The van der Waals surface area contributed by atoms with Crippen LogP contribution in [0.15, 0.2) is 23.1 Å². The summed E-state index contributed by atoms with van der Waals surface area (Å²) in [6, 6.07) is 3.48. The Morgan fingerprint density at radius 2 is 2.10 bits per heavy atom. The van der Waals surface area contributed by atoms with E-state index < -0.39 is 27.3 Å². The third kappa shape index (κ3) is 2.20. The molecule has 20 heavy (non-hydrogen) atoms. The Hall–Kier alpha value is -1.47. The van der Waals surface area contributed by atoms with Crippen LogP contribution in [0.3, 0.4) is 0 Å². The van der Waals surface area contributed by atoms with Crippen molar-refractivity contribution < 1.29 is 22.7 Å². The van der Waals surface area contributed by atoms with Gasteiger partial charge in [0.25, 0.3) is 0 Å². The molecular formula is C13H16FNO4S. The van der Waals surface area contributed by atoms with Gasteiger partial charge in [-0.15, -0.1) is 0 Å². The molecule has 1 aromatic carbocycles. The second kappa shape index (κ2) is 4.82. The first-order valence-electron chi connectivity index (χ1n) is 6.22. The minimum Gasteiger partial charge on any atom is -0.480 e. The second-order valence-electron chi connectivity index (χ2n) is 5.17. The number of hydrogen-bond donors (Lipinski definition) is 1. The lowest BCUT2D eigenvalue weighted by Gasteiger charge is -2.30. The highest BCUT2D eigenvalue weighted by Gasteiger charge is 2.50. The fourth-order valence-corrected chi connectivity index (χ4v) is 4.55. The predicted octanol–water partition coefficient (Wildman–Crippen LogP) is 1.76. The van der Waals surface area contributed by atoms with E-state index in [2.05, 4.69) is 0 Å². The van der Waals surface area contributed by atoms with E-state index in [0.717, 1.165) is 10.4 Å². The van der Waals surface area contributed by atoms with Crippen molar-refractivity contribution in [2.75, 3.05) is 6.54 Å². The van der Waals surface area contributed by atoms with Gasteiger partial charge >= 0.3 is 5.97 Å². The van der Waals surface area contributed by atoms with Crippen LogP contribution in [-0.4, -0.2) is 35.9 Å². The van der Waals surface area contributed by atoms with Crippen LogP contribution < -0.4 is 0 Å². The summed E-state index contributed by atoms with van der Waals surface area (Å²) in [6.07, 6.45) is 0.715. The number of carboxylic acid groups (broad SMARTS) is 1. The predicted molar refractivity (Wildman–Crippen MR) is 70.3 cm³/mol. The monoisotopic (exact) mass is 301 g/mol. The lowest BCUT2D eigenvalue weighted by atomic mass is 10.0. The maximum absolute atomic E-state index is 13.3. The number of halogens is 1. The minimum atomic E-state index is -4.03. The molecule has 0 aliphatic carbocycles. The van der Waals surface area contributed by atoms with Crippen molar-refractivity contribution in [3.63, 3.8) is 0 Å². The molecule has 1 aliphatic rings. The van der Waals surface area contributed by atoms with Gasteiger partial charge in [-0.2, -0.15) is 4.31 Å². The first kappa shape index (κ1) is 14.9. The topological polar surface area (TPSA) is 74.7 Å². The number of benzene rings is 1. The lowest BCUT2D eigenvalue weighted by Crippen LogP contribution is -2.50. The minimum absolute atomic E-state index is 0.126. The summed E-state index contributed by atoms with van der Waals surface area (Å²) in [5.74, 6) is -1.85. The summed E-state index contributed by atoms with van der Waals surface area (Å²) in [5.41, 5.74) is -1.08. The molecular weight excluding hydrogens is 285 g/mol. The van der Waals surface area contributed by atoms with Crippen LogP contribution in [0.4, 0.5) is 4.39 Å². The Morgan fingerprint density at radius 1 is 1.45 bits per heavy atom. The number of carbonyl (C=O) groups is 1. The van der Waals surface area contributed by atoms with E-state index in [9.17, 15) is 22.7 Å². The van der Waals surface area contributed by atoms with Crippen LogP contribution in [0.2, 0.25) is 0 Å². The molecule has 0 radical (unpaired) electrons. The standard InChI is InChI=1S/C13H16FNO4S/c1-9-4-5-10(14)8-11(9)20(18,19)15-7-3-6-13(15,2)12(16)17/h4-5,8H,3,6-7H2,1-2H3,(H,16,17).